The summed E-state index contributed by atoms with van der Waals surface area (Å²) < 4.78 is 7.26. The molecule has 3 aromatic rings. The van der Waals surface area contributed by atoms with Crippen LogP contribution in [0.5, 0.6) is 0 Å². The number of carbonyl (C=O) groups is 3. The SMILES string of the molecule is CCCCN(CCCC)C(=O)c1nn(-c2cc3c(cc2C(=O)N2Cc4ccccc4C[C@H]2CN2CCOCC2)CN(C(=O)O)CC3)c(C)c1Cl. The molecule has 1 saturated heterocycles. The van der Waals surface area contributed by atoms with Crippen molar-refractivity contribution in [3.8, 4) is 5.69 Å². The summed E-state index contributed by atoms with van der Waals surface area (Å²) in [6, 6.07) is 12.0. The number of morpholine rings is 1. The summed E-state index contributed by atoms with van der Waals surface area (Å²) in [7, 11) is 0. The number of amides is 3. The van der Waals surface area contributed by atoms with E-state index in [0.29, 0.717) is 69.3 Å². The summed E-state index contributed by atoms with van der Waals surface area (Å²) in [6.07, 6.45) is 3.93. The highest BCUT2D eigenvalue weighted by atomic mass is 35.5. The number of halogens is 1. The number of hydrogen-bond acceptors (Lipinski definition) is 6. The second-order valence-corrected chi connectivity index (χ2v) is 14.1. The minimum absolute atomic E-state index is 0.0833. The molecule has 3 amide bonds. The fourth-order valence-corrected chi connectivity index (χ4v) is 7.55. The van der Waals surface area contributed by atoms with E-state index < -0.39 is 6.09 Å². The number of rotatable bonds is 11. The van der Waals surface area contributed by atoms with Gasteiger partial charge in [-0.15, -0.1) is 0 Å². The Bertz CT molecular complexity index is 1710. The van der Waals surface area contributed by atoms with Gasteiger partial charge in [0.05, 0.1) is 35.2 Å². The largest absolute Gasteiger partial charge is 0.465 e. The van der Waals surface area contributed by atoms with Crippen LogP contribution in [0.4, 0.5) is 4.79 Å². The lowest BCUT2D eigenvalue weighted by atomic mass is 9.91. The van der Waals surface area contributed by atoms with Crippen LogP contribution in [0.3, 0.4) is 0 Å². The molecule has 50 heavy (non-hydrogen) atoms. The summed E-state index contributed by atoms with van der Waals surface area (Å²) in [6.45, 7) is 12.0. The van der Waals surface area contributed by atoms with Crippen molar-refractivity contribution in [2.45, 2.75) is 78.4 Å². The van der Waals surface area contributed by atoms with Gasteiger partial charge in [-0.2, -0.15) is 5.10 Å². The van der Waals surface area contributed by atoms with Crippen LogP contribution in [-0.2, 0) is 30.7 Å². The molecule has 268 valence electrons. The van der Waals surface area contributed by atoms with Crippen molar-refractivity contribution in [3.05, 3.63) is 80.6 Å². The van der Waals surface area contributed by atoms with Crippen LogP contribution < -0.4 is 0 Å². The molecular weight excluding hydrogens is 656 g/mol. The molecule has 3 aliphatic heterocycles. The number of unbranched alkanes of at least 4 members (excludes halogenated alkanes) is 2. The Balaban J connectivity index is 1.43. The number of carboxylic acid groups (broad SMARTS) is 1. The average molecular weight is 705 g/mol. The van der Waals surface area contributed by atoms with Crippen molar-refractivity contribution in [3.63, 3.8) is 0 Å². The van der Waals surface area contributed by atoms with Crippen LogP contribution in [-0.4, -0.2) is 111 Å². The van der Waals surface area contributed by atoms with Gasteiger partial charge in [-0.25, -0.2) is 9.48 Å². The maximum Gasteiger partial charge on any atom is 0.407 e. The molecule has 1 atom stereocenters. The Kier molecular flexibility index (Phi) is 11.4. The highest BCUT2D eigenvalue weighted by Gasteiger charge is 2.35. The normalized spacial score (nSPS) is 17.7. The predicted molar refractivity (Wildman–Crippen MR) is 192 cm³/mol. The van der Waals surface area contributed by atoms with Crippen molar-refractivity contribution in [1.29, 1.82) is 0 Å². The van der Waals surface area contributed by atoms with Crippen molar-refractivity contribution < 1.29 is 24.2 Å². The molecule has 0 spiro atoms. The molecule has 0 bridgehead atoms. The van der Waals surface area contributed by atoms with E-state index in [2.05, 4.69) is 30.9 Å². The van der Waals surface area contributed by atoms with E-state index in [1.54, 1.807) is 4.68 Å². The highest BCUT2D eigenvalue weighted by Crippen LogP contribution is 2.33. The summed E-state index contributed by atoms with van der Waals surface area (Å²) in [4.78, 5) is 48.5. The van der Waals surface area contributed by atoms with Gasteiger partial charge in [0.15, 0.2) is 5.69 Å². The number of nitrogens with zero attached hydrogens (tertiary/aromatic N) is 6. The third kappa shape index (κ3) is 7.55. The van der Waals surface area contributed by atoms with E-state index in [0.717, 1.165) is 61.9 Å². The van der Waals surface area contributed by atoms with Gasteiger partial charge >= 0.3 is 6.09 Å². The average Bonchev–Trinajstić information content (AvgIpc) is 3.43. The van der Waals surface area contributed by atoms with Crippen LogP contribution in [0, 0.1) is 6.92 Å². The van der Waals surface area contributed by atoms with Gasteiger partial charge in [-0.05, 0) is 67.0 Å². The Morgan fingerprint density at radius 2 is 1.66 bits per heavy atom. The molecule has 0 saturated carbocycles. The predicted octanol–water partition coefficient (Wildman–Crippen LogP) is 5.81. The third-order valence-electron chi connectivity index (χ3n) is 10.3. The smallest absolute Gasteiger partial charge is 0.407 e. The van der Waals surface area contributed by atoms with Gasteiger partial charge in [0.25, 0.3) is 11.8 Å². The Morgan fingerprint density at radius 1 is 0.960 bits per heavy atom. The van der Waals surface area contributed by atoms with E-state index in [1.165, 1.54) is 10.5 Å². The lowest BCUT2D eigenvalue weighted by Crippen LogP contribution is -2.52. The second kappa shape index (κ2) is 16.0. The molecule has 3 aliphatic rings. The van der Waals surface area contributed by atoms with Crippen molar-refractivity contribution in [1.82, 2.24) is 29.4 Å². The molecule has 2 aromatic carbocycles. The summed E-state index contributed by atoms with van der Waals surface area (Å²) in [5, 5.41) is 14.9. The Morgan fingerprint density at radius 3 is 2.34 bits per heavy atom. The molecule has 11 nitrogen and oxygen atoms in total. The van der Waals surface area contributed by atoms with Gasteiger partial charge in [-0.3, -0.25) is 14.5 Å². The number of benzene rings is 2. The van der Waals surface area contributed by atoms with E-state index in [9.17, 15) is 14.7 Å². The van der Waals surface area contributed by atoms with Crippen LogP contribution in [0.2, 0.25) is 5.02 Å². The molecule has 4 heterocycles. The number of carbonyl (C=O) groups excluding carboxylic acids is 2. The van der Waals surface area contributed by atoms with E-state index in [4.69, 9.17) is 21.4 Å². The molecule has 1 aromatic heterocycles. The molecule has 0 aliphatic carbocycles. The van der Waals surface area contributed by atoms with Crippen molar-refractivity contribution in [2.75, 3.05) is 52.5 Å². The summed E-state index contributed by atoms with van der Waals surface area (Å²) in [5.41, 5.74) is 5.83. The zero-order valence-corrected chi connectivity index (χ0v) is 30.3. The van der Waals surface area contributed by atoms with E-state index in [-0.39, 0.29) is 35.1 Å². The molecule has 1 N–H and O–H groups in total. The standard InChI is InChI=1S/C38H49ClN6O5/c1-4-6-13-42(14-7-5-2)37(47)35-34(39)26(3)45(40-35)33-22-28-12-15-43(38(48)49)23-30(28)21-32(33)36(46)44-24-29-11-9-8-10-27(29)20-31(44)25-41-16-18-50-19-17-41/h8-11,21-22,31H,4-7,12-20,23-25H2,1-3H3,(H,48,49)/t31-/m0/s1. The molecule has 6 rings (SSSR count). The highest BCUT2D eigenvalue weighted by molar-refractivity contribution is 6.34. The van der Waals surface area contributed by atoms with Gasteiger partial charge < -0.3 is 24.5 Å². The first kappa shape index (κ1) is 35.9. The number of aromatic nitrogens is 2. The Hall–Kier alpha value is -3.93. The van der Waals surface area contributed by atoms with Crippen molar-refractivity contribution in [2.24, 2.45) is 0 Å². The van der Waals surface area contributed by atoms with Crippen LogP contribution >= 0.6 is 11.6 Å². The van der Waals surface area contributed by atoms with Crippen molar-refractivity contribution >= 4 is 29.5 Å². The molecular formula is C38H49ClN6O5. The lowest BCUT2D eigenvalue weighted by molar-refractivity contribution is 0.0192. The zero-order chi connectivity index (χ0) is 35.4. The van der Waals surface area contributed by atoms with E-state index in [1.807, 2.05) is 41.0 Å². The fraction of sp³-hybridized carbons (Fsp3) is 0.526. The topological polar surface area (TPSA) is 111 Å². The summed E-state index contributed by atoms with van der Waals surface area (Å²) in [5.74, 6) is -0.366. The maximum atomic E-state index is 15.0. The third-order valence-corrected chi connectivity index (χ3v) is 10.8. The van der Waals surface area contributed by atoms with E-state index >= 15 is 4.79 Å². The number of ether oxygens (including phenoxy) is 1. The Labute approximate surface area is 299 Å². The van der Waals surface area contributed by atoms with Crippen LogP contribution in [0.25, 0.3) is 5.69 Å². The molecule has 1 fully saturated rings. The first-order chi connectivity index (χ1) is 24.2. The molecule has 0 unspecified atom stereocenters. The maximum absolute atomic E-state index is 15.0. The minimum atomic E-state index is -0.987. The fourth-order valence-electron chi connectivity index (χ4n) is 7.35. The van der Waals surface area contributed by atoms with Crippen LogP contribution in [0.15, 0.2) is 36.4 Å². The first-order valence-electron chi connectivity index (χ1n) is 18.1. The number of fused-ring (bicyclic) bond motifs is 2. The molecule has 12 heteroatoms. The summed E-state index contributed by atoms with van der Waals surface area (Å²) >= 11 is 6.92. The second-order valence-electron chi connectivity index (χ2n) is 13.7. The van der Waals surface area contributed by atoms with Gasteiger partial charge in [-0.1, -0.05) is 62.6 Å². The van der Waals surface area contributed by atoms with Gasteiger partial charge in [0.1, 0.15) is 0 Å². The first-order valence-corrected chi connectivity index (χ1v) is 18.4. The van der Waals surface area contributed by atoms with Crippen LogP contribution in [0.1, 0.15) is 88.3 Å². The quantitative estimate of drug-likeness (QED) is 0.268. The lowest BCUT2D eigenvalue weighted by Gasteiger charge is -2.41. The van der Waals surface area contributed by atoms with Gasteiger partial charge in [0.2, 0.25) is 0 Å². The number of hydrogen-bond donors (Lipinski definition) is 1. The molecule has 0 radical (unpaired) electrons. The minimum Gasteiger partial charge on any atom is -0.465 e. The monoisotopic (exact) mass is 704 g/mol. The van der Waals surface area contributed by atoms with Gasteiger partial charge in [0, 0.05) is 58.4 Å². The zero-order valence-electron chi connectivity index (χ0n) is 29.5.